The summed E-state index contributed by atoms with van der Waals surface area (Å²) < 4.78 is 12.1. The third-order valence-electron chi connectivity index (χ3n) is 1.85. The fourth-order valence-electron chi connectivity index (χ4n) is 1.11. The van der Waals surface area contributed by atoms with Crippen molar-refractivity contribution in [3.63, 3.8) is 0 Å². The second kappa shape index (κ2) is 5.38. The van der Waals surface area contributed by atoms with E-state index < -0.39 is 0 Å². The van der Waals surface area contributed by atoms with Gasteiger partial charge in [0, 0.05) is 21.3 Å². The lowest BCUT2D eigenvalue weighted by molar-refractivity contribution is -0.0842. The van der Waals surface area contributed by atoms with Crippen molar-refractivity contribution in [2.24, 2.45) is 7.05 Å². The SMILES string of the molecule is COC(CSc1cc(C)nn1C)OC. The van der Waals surface area contributed by atoms with Crippen molar-refractivity contribution >= 4 is 11.8 Å². The standard InChI is InChI=1S/C9H16N2O2S/c1-7-5-8(11(2)10-7)14-6-9(12-3)13-4/h5,9H,6H2,1-4H3. The molecular weight excluding hydrogens is 200 g/mol. The van der Waals surface area contributed by atoms with Crippen LogP contribution in [0.5, 0.6) is 0 Å². The van der Waals surface area contributed by atoms with Crippen LogP contribution < -0.4 is 0 Å². The van der Waals surface area contributed by atoms with Crippen LogP contribution in [0.15, 0.2) is 11.1 Å². The van der Waals surface area contributed by atoms with E-state index in [-0.39, 0.29) is 6.29 Å². The van der Waals surface area contributed by atoms with Crippen molar-refractivity contribution in [1.82, 2.24) is 9.78 Å². The first-order chi connectivity index (χ1) is 6.67. The van der Waals surface area contributed by atoms with Gasteiger partial charge in [0.25, 0.3) is 0 Å². The van der Waals surface area contributed by atoms with E-state index in [4.69, 9.17) is 9.47 Å². The third kappa shape index (κ3) is 3.01. The van der Waals surface area contributed by atoms with Gasteiger partial charge < -0.3 is 9.47 Å². The van der Waals surface area contributed by atoms with Crippen LogP contribution in [0.2, 0.25) is 0 Å². The summed E-state index contributed by atoms with van der Waals surface area (Å²) in [7, 11) is 5.22. The maximum absolute atomic E-state index is 5.10. The van der Waals surface area contributed by atoms with Gasteiger partial charge in [0.15, 0.2) is 6.29 Å². The summed E-state index contributed by atoms with van der Waals surface area (Å²) in [6.07, 6.45) is -0.157. The van der Waals surface area contributed by atoms with E-state index in [1.54, 1.807) is 26.0 Å². The van der Waals surface area contributed by atoms with Crippen molar-refractivity contribution in [3.05, 3.63) is 11.8 Å². The van der Waals surface area contributed by atoms with Crippen LogP contribution in [-0.2, 0) is 16.5 Å². The lowest BCUT2D eigenvalue weighted by Crippen LogP contribution is -2.15. The van der Waals surface area contributed by atoms with E-state index in [1.165, 1.54) is 0 Å². The Labute approximate surface area is 88.6 Å². The normalized spacial score (nSPS) is 11.2. The van der Waals surface area contributed by atoms with Crippen molar-refractivity contribution in [1.29, 1.82) is 0 Å². The Morgan fingerprint density at radius 2 is 2.14 bits per heavy atom. The van der Waals surface area contributed by atoms with Crippen LogP contribution in [0.1, 0.15) is 5.69 Å². The van der Waals surface area contributed by atoms with Gasteiger partial charge in [0.1, 0.15) is 0 Å². The molecule has 0 spiro atoms. The Morgan fingerprint density at radius 3 is 2.57 bits per heavy atom. The number of aryl methyl sites for hydroxylation is 2. The number of hydrogen-bond acceptors (Lipinski definition) is 4. The topological polar surface area (TPSA) is 36.3 Å². The minimum atomic E-state index is -0.157. The second-order valence-electron chi connectivity index (χ2n) is 2.96. The molecule has 0 aromatic carbocycles. The third-order valence-corrected chi connectivity index (χ3v) is 2.97. The monoisotopic (exact) mass is 216 g/mol. The van der Waals surface area contributed by atoms with Crippen molar-refractivity contribution in [3.8, 4) is 0 Å². The van der Waals surface area contributed by atoms with Crippen molar-refractivity contribution in [2.75, 3.05) is 20.0 Å². The Balaban J connectivity index is 2.48. The molecule has 4 nitrogen and oxygen atoms in total. The van der Waals surface area contributed by atoms with Crippen LogP contribution in [0.4, 0.5) is 0 Å². The quantitative estimate of drug-likeness (QED) is 0.551. The molecular formula is C9H16N2O2S. The van der Waals surface area contributed by atoms with E-state index in [0.29, 0.717) is 0 Å². The first-order valence-electron chi connectivity index (χ1n) is 4.36. The molecule has 1 aromatic heterocycles. The highest BCUT2D eigenvalue weighted by Crippen LogP contribution is 2.19. The maximum atomic E-state index is 5.10. The number of rotatable bonds is 5. The van der Waals surface area contributed by atoms with Crippen LogP contribution >= 0.6 is 11.8 Å². The van der Waals surface area contributed by atoms with E-state index in [2.05, 4.69) is 5.10 Å². The predicted octanol–water partition coefficient (Wildman–Crippen LogP) is 1.44. The number of hydrogen-bond donors (Lipinski definition) is 0. The molecule has 1 heterocycles. The van der Waals surface area contributed by atoms with E-state index in [1.807, 2.05) is 24.7 Å². The summed E-state index contributed by atoms with van der Waals surface area (Å²) >= 11 is 1.68. The maximum Gasteiger partial charge on any atom is 0.166 e. The fraction of sp³-hybridized carbons (Fsp3) is 0.667. The number of methoxy groups -OCH3 is 2. The van der Waals surface area contributed by atoms with Gasteiger partial charge in [-0.2, -0.15) is 5.10 Å². The molecule has 5 heteroatoms. The van der Waals surface area contributed by atoms with Gasteiger partial charge in [-0.15, -0.1) is 11.8 Å². The van der Waals surface area contributed by atoms with E-state index in [0.717, 1.165) is 16.5 Å². The molecule has 0 fully saturated rings. The van der Waals surface area contributed by atoms with Crippen LogP contribution in [0.3, 0.4) is 0 Å². The summed E-state index contributed by atoms with van der Waals surface area (Å²) in [6, 6.07) is 2.05. The van der Waals surface area contributed by atoms with Gasteiger partial charge in [-0.25, -0.2) is 0 Å². The molecule has 0 bridgehead atoms. The molecule has 0 aliphatic rings. The van der Waals surface area contributed by atoms with Gasteiger partial charge in [-0.05, 0) is 13.0 Å². The molecule has 0 saturated carbocycles. The van der Waals surface area contributed by atoms with Crippen LogP contribution in [0, 0.1) is 6.92 Å². The highest BCUT2D eigenvalue weighted by molar-refractivity contribution is 7.99. The van der Waals surface area contributed by atoms with Crippen LogP contribution in [-0.4, -0.2) is 36.0 Å². The number of aromatic nitrogens is 2. The number of nitrogens with zero attached hydrogens (tertiary/aromatic N) is 2. The summed E-state index contributed by atoms with van der Waals surface area (Å²) in [5.41, 5.74) is 1.03. The Morgan fingerprint density at radius 1 is 1.50 bits per heavy atom. The molecule has 0 radical (unpaired) electrons. The van der Waals surface area contributed by atoms with Gasteiger partial charge >= 0.3 is 0 Å². The Bertz CT molecular complexity index is 284. The molecule has 1 rings (SSSR count). The Kier molecular flexibility index (Phi) is 4.44. The smallest absolute Gasteiger partial charge is 0.166 e. The molecule has 0 amide bonds. The van der Waals surface area contributed by atoms with Crippen LogP contribution in [0.25, 0.3) is 0 Å². The lowest BCUT2D eigenvalue weighted by atomic mass is 10.5. The largest absolute Gasteiger partial charge is 0.355 e. The molecule has 0 saturated heterocycles. The summed E-state index contributed by atoms with van der Waals surface area (Å²) in [5.74, 6) is 0.770. The highest BCUT2D eigenvalue weighted by Gasteiger charge is 2.08. The van der Waals surface area contributed by atoms with Crippen molar-refractivity contribution in [2.45, 2.75) is 18.2 Å². The summed E-state index contributed by atoms with van der Waals surface area (Å²) in [5, 5.41) is 5.38. The van der Waals surface area contributed by atoms with Gasteiger partial charge in [0.2, 0.25) is 0 Å². The highest BCUT2D eigenvalue weighted by atomic mass is 32.2. The zero-order chi connectivity index (χ0) is 10.6. The Hall–Kier alpha value is -0.520. The minimum absolute atomic E-state index is 0.157. The average Bonchev–Trinajstić information content (AvgIpc) is 2.47. The first-order valence-corrected chi connectivity index (χ1v) is 5.35. The van der Waals surface area contributed by atoms with Gasteiger partial charge in [-0.3, -0.25) is 4.68 Å². The number of thioether (sulfide) groups is 1. The molecule has 0 aliphatic heterocycles. The molecule has 14 heavy (non-hydrogen) atoms. The fourth-order valence-corrected chi connectivity index (χ4v) is 2.17. The molecule has 0 N–H and O–H groups in total. The molecule has 0 atom stereocenters. The predicted molar refractivity (Wildman–Crippen MR) is 56.5 cm³/mol. The molecule has 0 unspecified atom stereocenters. The van der Waals surface area contributed by atoms with Crippen molar-refractivity contribution < 1.29 is 9.47 Å². The average molecular weight is 216 g/mol. The van der Waals surface area contributed by atoms with Gasteiger partial charge in [-0.1, -0.05) is 0 Å². The molecule has 0 aliphatic carbocycles. The van der Waals surface area contributed by atoms with E-state index >= 15 is 0 Å². The first kappa shape index (κ1) is 11.6. The minimum Gasteiger partial charge on any atom is -0.355 e. The summed E-state index contributed by atoms with van der Waals surface area (Å²) in [4.78, 5) is 0. The zero-order valence-electron chi connectivity index (χ0n) is 8.98. The van der Waals surface area contributed by atoms with E-state index in [9.17, 15) is 0 Å². The number of ether oxygens (including phenoxy) is 2. The molecule has 80 valence electrons. The second-order valence-corrected chi connectivity index (χ2v) is 4.00. The molecule has 1 aromatic rings. The lowest BCUT2D eigenvalue weighted by Gasteiger charge is -2.12. The summed E-state index contributed by atoms with van der Waals surface area (Å²) in [6.45, 7) is 1.98. The zero-order valence-corrected chi connectivity index (χ0v) is 9.80. The van der Waals surface area contributed by atoms with Gasteiger partial charge in [0.05, 0.1) is 16.5 Å².